The topological polar surface area (TPSA) is 18.5 Å². The van der Waals surface area contributed by atoms with Crippen LogP contribution in [0.1, 0.15) is 34.5 Å². The first kappa shape index (κ1) is 20.7. The lowest BCUT2D eigenvalue weighted by molar-refractivity contribution is 0.00578. The van der Waals surface area contributed by atoms with Gasteiger partial charge in [0.05, 0.1) is 18.1 Å². The highest BCUT2D eigenvalue weighted by Gasteiger charge is 2.51. The predicted molar refractivity (Wildman–Crippen MR) is 173 cm³/mol. The van der Waals surface area contributed by atoms with E-state index < -0.39 is 24.4 Å². The van der Waals surface area contributed by atoms with E-state index in [1.54, 1.807) is 0 Å². The first-order valence-corrected chi connectivity index (χ1v) is 14.0. The van der Waals surface area contributed by atoms with Crippen LogP contribution in [0.3, 0.4) is 0 Å². The Bertz CT molecular complexity index is 2150. The van der Waals surface area contributed by atoms with Gasteiger partial charge in [-0.2, -0.15) is 0 Å². The summed E-state index contributed by atoms with van der Waals surface area (Å²) in [5.74, 6) is 0. The van der Waals surface area contributed by atoms with Gasteiger partial charge in [-0.1, -0.05) is 115 Å². The fraction of sp³-hybridized carbons (Fsp3) is 0.158. The predicted octanol–water partition coefficient (Wildman–Crippen LogP) is 9.29. The Morgan fingerprint density at radius 1 is 0.561 bits per heavy atom. The summed E-state index contributed by atoms with van der Waals surface area (Å²) < 4.78 is 54.7. The number of rotatable bonds is 4. The van der Waals surface area contributed by atoms with Crippen molar-refractivity contribution in [2.45, 2.75) is 38.9 Å². The molecule has 0 N–H and O–H groups in total. The maximum Gasteiger partial charge on any atom is 0.494 e. The van der Waals surface area contributed by atoms with Gasteiger partial charge < -0.3 is 9.31 Å². The van der Waals surface area contributed by atoms with Crippen molar-refractivity contribution in [1.82, 2.24) is 0 Å². The molecule has 0 atom stereocenters. The Kier molecular flexibility index (Phi) is 4.90. The van der Waals surface area contributed by atoms with E-state index in [9.17, 15) is 0 Å². The highest BCUT2D eigenvalue weighted by Crippen LogP contribution is 2.40. The summed E-state index contributed by atoms with van der Waals surface area (Å²) in [7, 11) is -0.439. The van der Waals surface area contributed by atoms with Gasteiger partial charge in [0.25, 0.3) is 0 Å². The zero-order valence-electron chi connectivity index (χ0n) is 28.6. The van der Waals surface area contributed by atoms with Gasteiger partial charge >= 0.3 is 7.12 Å². The van der Waals surface area contributed by atoms with Crippen molar-refractivity contribution in [3.05, 3.63) is 127 Å². The lowest BCUT2D eigenvalue weighted by atomic mass is 9.78. The number of fused-ring (bicyclic) bond motifs is 2. The molecule has 3 heteroatoms. The summed E-state index contributed by atoms with van der Waals surface area (Å²) in [5, 5.41) is 4.04. The smallest absolute Gasteiger partial charge is 0.399 e. The second kappa shape index (κ2) is 9.73. The Hall–Kier alpha value is -4.18. The van der Waals surface area contributed by atoms with Gasteiger partial charge in [0.2, 0.25) is 0 Å². The molecule has 1 fully saturated rings. The van der Waals surface area contributed by atoms with Crippen LogP contribution >= 0.6 is 0 Å². The minimum atomic E-state index is -0.439. The van der Waals surface area contributed by atoms with E-state index in [4.69, 9.17) is 16.2 Å². The lowest BCUT2D eigenvalue weighted by Crippen LogP contribution is -2.41. The standard InChI is InChI=1S/C38H33BO2/c1-37(2)38(3,4)41-39(40-37)33-15-10-14-28(25-33)29-17-18-31-24-32(20-19-30(31)23-29)36-34-16-9-8-13-27(34)21-22-35(36)26-11-6-5-7-12-26/h5-25H,1-4H3/i5D,6D,7D,11D,12D. The second-order valence-electron chi connectivity index (χ2n) is 11.7. The van der Waals surface area contributed by atoms with E-state index in [1.165, 1.54) is 0 Å². The molecule has 2 nitrogen and oxygen atoms in total. The van der Waals surface area contributed by atoms with Crippen molar-refractivity contribution >= 4 is 34.1 Å². The minimum Gasteiger partial charge on any atom is -0.399 e. The van der Waals surface area contributed by atoms with Gasteiger partial charge in [0.15, 0.2) is 0 Å². The van der Waals surface area contributed by atoms with Crippen LogP contribution in [0.25, 0.3) is 54.9 Å². The van der Waals surface area contributed by atoms with Crippen molar-refractivity contribution in [2.75, 3.05) is 0 Å². The van der Waals surface area contributed by atoms with Crippen molar-refractivity contribution in [3.63, 3.8) is 0 Å². The van der Waals surface area contributed by atoms with Crippen molar-refractivity contribution in [2.24, 2.45) is 0 Å². The molecule has 0 saturated carbocycles. The Morgan fingerprint density at radius 2 is 1.20 bits per heavy atom. The van der Waals surface area contributed by atoms with E-state index >= 15 is 0 Å². The summed E-state index contributed by atoms with van der Waals surface area (Å²) in [5.41, 5.74) is 4.82. The maximum absolute atomic E-state index is 8.70. The molecule has 1 aliphatic rings. The summed E-state index contributed by atoms with van der Waals surface area (Å²) in [6, 6.07) is 31.2. The molecule has 0 unspecified atom stereocenters. The van der Waals surface area contributed by atoms with Crippen molar-refractivity contribution < 1.29 is 16.2 Å². The molecule has 0 aromatic heterocycles. The Morgan fingerprint density at radius 3 is 1.95 bits per heavy atom. The van der Waals surface area contributed by atoms with E-state index in [0.717, 1.165) is 49.3 Å². The first-order chi connectivity index (χ1) is 21.9. The number of benzene rings is 6. The molecule has 1 heterocycles. The molecule has 0 aliphatic carbocycles. The van der Waals surface area contributed by atoms with Crippen molar-refractivity contribution in [1.29, 1.82) is 0 Å². The molecule has 200 valence electrons. The SMILES string of the molecule is [2H]c1c([2H])c([2H])c(-c2ccc3ccccc3c2-c2ccc3cc(-c4cccc(B5OC(C)(C)C(C)(C)O5)c4)ccc3c2)c([2H])c1[2H]. The molecule has 1 saturated heterocycles. The minimum absolute atomic E-state index is 0.198. The third-order valence-electron chi connectivity index (χ3n) is 8.57. The fourth-order valence-corrected chi connectivity index (χ4v) is 5.60. The quantitative estimate of drug-likeness (QED) is 0.209. The summed E-state index contributed by atoms with van der Waals surface area (Å²) in [6.45, 7) is 8.22. The van der Waals surface area contributed by atoms with Crippen LogP contribution < -0.4 is 5.46 Å². The monoisotopic (exact) mass is 537 g/mol. The summed E-state index contributed by atoms with van der Waals surface area (Å²) in [4.78, 5) is 0. The second-order valence-corrected chi connectivity index (χ2v) is 11.7. The molecule has 0 spiro atoms. The number of hydrogen-bond acceptors (Lipinski definition) is 2. The lowest BCUT2D eigenvalue weighted by Gasteiger charge is -2.32. The molecule has 7 rings (SSSR count). The largest absolute Gasteiger partial charge is 0.494 e. The third-order valence-corrected chi connectivity index (χ3v) is 8.57. The summed E-state index contributed by atoms with van der Waals surface area (Å²) in [6.07, 6.45) is 0. The molecular formula is C38H33BO2. The average Bonchev–Trinajstić information content (AvgIpc) is 3.28. The molecule has 1 aliphatic heterocycles. The molecule has 6 aromatic rings. The average molecular weight is 538 g/mol. The maximum atomic E-state index is 8.70. The third kappa shape index (κ3) is 4.56. The van der Waals surface area contributed by atoms with Crippen LogP contribution in [-0.4, -0.2) is 18.3 Å². The van der Waals surface area contributed by atoms with Crippen LogP contribution in [0.2, 0.25) is 0 Å². The zero-order chi connectivity index (χ0) is 32.5. The van der Waals surface area contributed by atoms with Crippen LogP contribution in [0.15, 0.2) is 127 Å². The normalized spacial score (nSPS) is 17.7. The molecule has 0 radical (unpaired) electrons. The highest BCUT2D eigenvalue weighted by molar-refractivity contribution is 6.62. The van der Waals surface area contributed by atoms with E-state index in [0.29, 0.717) is 5.56 Å². The number of hydrogen-bond donors (Lipinski definition) is 0. The zero-order valence-corrected chi connectivity index (χ0v) is 23.6. The molecule has 0 bridgehead atoms. The summed E-state index contributed by atoms with van der Waals surface area (Å²) >= 11 is 0. The van der Waals surface area contributed by atoms with Gasteiger partial charge in [-0.05, 0) is 100 Å². The van der Waals surface area contributed by atoms with Crippen LogP contribution in [0.5, 0.6) is 0 Å². The first-order valence-electron chi connectivity index (χ1n) is 16.5. The molecule has 41 heavy (non-hydrogen) atoms. The van der Waals surface area contributed by atoms with Gasteiger partial charge in [0.1, 0.15) is 0 Å². The highest BCUT2D eigenvalue weighted by atomic mass is 16.7. The fourth-order valence-electron chi connectivity index (χ4n) is 5.60. The Labute approximate surface area is 249 Å². The molecule has 6 aromatic carbocycles. The van der Waals surface area contributed by atoms with Gasteiger partial charge in [0, 0.05) is 0 Å². The van der Waals surface area contributed by atoms with E-state index in [1.807, 2.05) is 54.6 Å². The van der Waals surface area contributed by atoms with Crippen LogP contribution in [-0.2, 0) is 9.31 Å². The van der Waals surface area contributed by atoms with Gasteiger partial charge in [-0.15, -0.1) is 0 Å². The van der Waals surface area contributed by atoms with Gasteiger partial charge in [-0.3, -0.25) is 0 Å². The van der Waals surface area contributed by atoms with Crippen LogP contribution in [0.4, 0.5) is 0 Å². The Balaban J connectivity index is 1.33. The molecule has 0 amide bonds. The van der Waals surface area contributed by atoms with Gasteiger partial charge in [-0.25, -0.2) is 0 Å². The van der Waals surface area contributed by atoms with E-state index in [-0.39, 0.29) is 29.7 Å². The van der Waals surface area contributed by atoms with Crippen LogP contribution in [0, 0.1) is 0 Å². The van der Waals surface area contributed by atoms with Crippen molar-refractivity contribution in [3.8, 4) is 33.4 Å². The van der Waals surface area contributed by atoms with E-state index in [2.05, 4.69) is 70.2 Å². The molecular weight excluding hydrogens is 499 g/mol.